The molecule has 10 heteroatoms. The SMILES string of the molecule is Cc1ccc(NC(=O)COC(=O)c2ccc(N3C(=O)[C@@H]4[C@H]5C[C@@H]([C@@H](Cl)[C@H]5Cl)[C@H]4C3=O)cc2)cc1Cl. The summed E-state index contributed by atoms with van der Waals surface area (Å²) in [6.45, 7) is 1.36. The zero-order valence-electron chi connectivity index (χ0n) is 18.5. The molecule has 182 valence electrons. The summed E-state index contributed by atoms with van der Waals surface area (Å²) in [6, 6.07) is 11.0. The van der Waals surface area contributed by atoms with Crippen molar-refractivity contribution in [2.45, 2.75) is 24.1 Å². The highest BCUT2D eigenvalue weighted by Crippen LogP contribution is 2.59. The molecule has 3 aliphatic rings. The van der Waals surface area contributed by atoms with Crippen LogP contribution in [-0.2, 0) is 19.1 Å². The maximum Gasteiger partial charge on any atom is 0.338 e. The molecule has 2 aromatic rings. The van der Waals surface area contributed by atoms with E-state index in [-0.39, 0.29) is 40.0 Å². The number of nitrogens with one attached hydrogen (secondary N) is 1. The lowest BCUT2D eigenvalue weighted by atomic mass is 9.80. The van der Waals surface area contributed by atoms with Gasteiger partial charge in [0.2, 0.25) is 11.8 Å². The van der Waals surface area contributed by atoms with Gasteiger partial charge in [-0.2, -0.15) is 0 Å². The lowest BCUT2D eigenvalue weighted by Crippen LogP contribution is -2.37. The molecule has 0 unspecified atom stereocenters. The minimum Gasteiger partial charge on any atom is -0.452 e. The topological polar surface area (TPSA) is 92.8 Å². The number of fused-ring (bicyclic) bond motifs is 5. The summed E-state index contributed by atoms with van der Waals surface area (Å²) in [7, 11) is 0. The molecule has 7 nitrogen and oxygen atoms in total. The molecule has 0 aromatic heterocycles. The van der Waals surface area contributed by atoms with Crippen LogP contribution in [0.1, 0.15) is 22.3 Å². The number of nitrogens with zero attached hydrogens (tertiary/aromatic N) is 1. The maximum atomic E-state index is 13.1. The average Bonchev–Trinajstić information content (AvgIpc) is 3.45. The first-order chi connectivity index (χ1) is 16.7. The van der Waals surface area contributed by atoms with Gasteiger partial charge in [-0.25, -0.2) is 4.79 Å². The van der Waals surface area contributed by atoms with Gasteiger partial charge in [0.15, 0.2) is 6.61 Å². The van der Waals surface area contributed by atoms with E-state index in [1.807, 2.05) is 6.92 Å². The standard InChI is InChI=1S/C25H21Cl3N2O5/c1-11-2-5-13(8-17(11)26)29-18(31)10-35-25(34)12-3-6-14(7-4-12)30-23(32)19-15-9-16(20(19)24(30)33)22(28)21(15)27/h2-8,15-16,19-22H,9-10H2,1H3,(H,29,31)/t15-,16-,19-,20-,21-,22+/m1/s1. The maximum absolute atomic E-state index is 13.1. The molecular formula is C25H21Cl3N2O5. The minimum absolute atomic E-state index is 0.105. The smallest absolute Gasteiger partial charge is 0.338 e. The number of hydrogen-bond donors (Lipinski definition) is 1. The van der Waals surface area contributed by atoms with Gasteiger partial charge in [0.05, 0.1) is 33.8 Å². The van der Waals surface area contributed by atoms with E-state index in [2.05, 4.69) is 5.32 Å². The minimum atomic E-state index is -0.711. The van der Waals surface area contributed by atoms with Crippen LogP contribution >= 0.6 is 34.8 Å². The third-order valence-electron chi connectivity index (χ3n) is 7.14. The van der Waals surface area contributed by atoms with E-state index in [1.165, 1.54) is 29.2 Å². The summed E-state index contributed by atoms with van der Waals surface area (Å²) in [5, 5.41) is 2.48. The quantitative estimate of drug-likeness (QED) is 0.348. The average molecular weight is 536 g/mol. The number of benzene rings is 2. The Morgan fingerprint density at radius 2 is 1.60 bits per heavy atom. The number of anilines is 2. The molecule has 1 N–H and O–H groups in total. The van der Waals surface area contributed by atoms with Gasteiger partial charge in [-0.05, 0) is 67.1 Å². The fourth-order valence-electron chi connectivity index (χ4n) is 5.43. The molecule has 0 spiro atoms. The third-order valence-corrected chi connectivity index (χ3v) is 8.86. The van der Waals surface area contributed by atoms with Crippen LogP contribution in [0.3, 0.4) is 0 Å². The van der Waals surface area contributed by atoms with Crippen LogP contribution in [0, 0.1) is 30.6 Å². The Labute approximate surface area is 216 Å². The second kappa shape index (κ2) is 9.12. The molecule has 2 bridgehead atoms. The highest BCUT2D eigenvalue weighted by Gasteiger charge is 2.66. The van der Waals surface area contributed by atoms with Gasteiger partial charge < -0.3 is 10.1 Å². The van der Waals surface area contributed by atoms with Crippen molar-refractivity contribution in [3.63, 3.8) is 0 Å². The Kier molecular flexibility index (Phi) is 6.28. The van der Waals surface area contributed by atoms with E-state index in [1.54, 1.807) is 18.2 Å². The van der Waals surface area contributed by atoms with Crippen LogP contribution in [0.2, 0.25) is 5.02 Å². The lowest BCUT2D eigenvalue weighted by Gasteiger charge is -2.28. The zero-order chi connectivity index (χ0) is 25.0. The molecular weight excluding hydrogens is 515 g/mol. The Hall–Kier alpha value is -2.61. The van der Waals surface area contributed by atoms with Gasteiger partial charge >= 0.3 is 5.97 Å². The molecule has 0 radical (unpaired) electrons. The molecule has 6 atom stereocenters. The molecule has 2 aromatic carbocycles. The van der Waals surface area contributed by atoms with Crippen molar-refractivity contribution in [2.75, 3.05) is 16.8 Å². The first-order valence-corrected chi connectivity index (χ1v) is 12.4. The largest absolute Gasteiger partial charge is 0.452 e. The number of rotatable bonds is 5. The predicted molar refractivity (Wildman–Crippen MR) is 132 cm³/mol. The highest BCUT2D eigenvalue weighted by atomic mass is 35.5. The molecule has 35 heavy (non-hydrogen) atoms. The molecule has 2 aliphatic carbocycles. The summed E-state index contributed by atoms with van der Waals surface area (Å²) >= 11 is 18.8. The number of amides is 3. The van der Waals surface area contributed by atoms with Crippen LogP contribution in [0.25, 0.3) is 0 Å². The van der Waals surface area contributed by atoms with Crippen LogP contribution in [0.15, 0.2) is 42.5 Å². The number of halogens is 3. The first kappa shape index (κ1) is 24.1. The van der Waals surface area contributed by atoms with Crippen molar-refractivity contribution in [1.29, 1.82) is 0 Å². The van der Waals surface area contributed by atoms with E-state index in [0.29, 0.717) is 22.8 Å². The van der Waals surface area contributed by atoms with Gasteiger partial charge in [-0.3, -0.25) is 19.3 Å². The van der Waals surface area contributed by atoms with Crippen molar-refractivity contribution in [1.82, 2.24) is 0 Å². The van der Waals surface area contributed by atoms with Crippen molar-refractivity contribution in [2.24, 2.45) is 23.7 Å². The van der Waals surface area contributed by atoms with Crippen molar-refractivity contribution in [3.05, 3.63) is 58.6 Å². The summed E-state index contributed by atoms with van der Waals surface area (Å²) < 4.78 is 5.08. The van der Waals surface area contributed by atoms with Gasteiger partial charge in [-0.15, -0.1) is 23.2 Å². The Morgan fingerprint density at radius 3 is 2.17 bits per heavy atom. The number of imide groups is 1. The fraction of sp³-hybridized carbons (Fsp3) is 0.360. The Bertz CT molecular complexity index is 1200. The van der Waals surface area contributed by atoms with Crippen molar-refractivity contribution in [3.8, 4) is 0 Å². The van der Waals surface area contributed by atoms with Crippen LogP contribution in [0.4, 0.5) is 11.4 Å². The summed E-state index contributed by atoms with van der Waals surface area (Å²) in [4.78, 5) is 51.8. The summed E-state index contributed by atoms with van der Waals surface area (Å²) in [6.07, 6.45) is 0.693. The highest BCUT2D eigenvalue weighted by molar-refractivity contribution is 6.32. The Morgan fingerprint density at radius 1 is 1.00 bits per heavy atom. The molecule has 1 aliphatic heterocycles. The zero-order valence-corrected chi connectivity index (χ0v) is 20.8. The molecule has 5 rings (SSSR count). The number of ether oxygens (including phenoxy) is 1. The van der Waals surface area contributed by atoms with Crippen LogP contribution in [0.5, 0.6) is 0 Å². The molecule has 3 amide bonds. The summed E-state index contributed by atoms with van der Waals surface area (Å²) in [5.74, 6) is -2.88. The number of esters is 1. The van der Waals surface area contributed by atoms with Gasteiger partial charge in [0, 0.05) is 10.7 Å². The van der Waals surface area contributed by atoms with Gasteiger partial charge in [0.1, 0.15) is 0 Å². The normalized spacial score (nSPS) is 28.9. The van der Waals surface area contributed by atoms with E-state index in [4.69, 9.17) is 39.5 Å². The van der Waals surface area contributed by atoms with Crippen molar-refractivity contribution < 1.29 is 23.9 Å². The monoisotopic (exact) mass is 534 g/mol. The lowest BCUT2D eigenvalue weighted by molar-refractivity contribution is -0.123. The second-order valence-electron chi connectivity index (χ2n) is 9.15. The van der Waals surface area contributed by atoms with E-state index in [0.717, 1.165) is 5.56 Å². The molecule has 2 saturated carbocycles. The Balaban J connectivity index is 1.21. The number of alkyl halides is 2. The number of aryl methyl sites for hydroxylation is 1. The first-order valence-electron chi connectivity index (χ1n) is 11.2. The predicted octanol–water partition coefficient (Wildman–Crippen LogP) is 4.41. The fourth-order valence-corrected chi connectivity index (χ4v) is 6.51. The second-order valence-corrected chi connectivity index (χ2v) is 10.6. The number of carbonyl (C=O) groups is 4. The van der Waals surface area contributed by atoms with Gasteiger partial charge in [0.25, 0.3) is 5.91 Å². The number of carbonyl (C=O) groups excluding carboxylic acids is 4. The van der Waals surface area contributed by atoms with Crippen molar-refractivity contribution >= 4 is 69.9 Å². The summed E-state index contributed by atoms with van der Waals surface area (Å²) in [5.41, 5.74) is 1.92. The molecule has 1 saturated heterocycles. The van der Waals surface area contributed by atoms with Crippen LogP contribution in [-0.4, -0.2) is 41.1 Å². The van der Waals surface area contributed by atoms with E-state index in [9.17, 15) is 19.2 Å². The van der Waals surface area contributed by atoms with E-state index < -0.39 is 30.3 Å². The van der Waals surface area contributed by atoms with Gasteiger partial charge in [-0.1, -0.05) is 17.7 Å². The number of hydrogen-bond acceptors (Lipinski definition) is 5. The van der Waals surface area contributed by atoms with E-state index >= 15 is 0 Å². The molecule has 1 heterocycles. The molecule has 3 fully saturated rings. The third kappa shape index (κ3) is 4.09. The van der Waals surface area contributed by atoms with Crippen LogP contribution < -0.4 is 10.2 Å².